The van der Waals surface area contributed by atoms with Gasteiger partial charge in [-0.1, -0.05) is 11.8 Å². The summed E-state index contributed by atoms with van der Waals surface area (Å²) in [4.78, 5) is 13.8. The lowest BCUT2D eigenvalue weighted by molar-refractivity contribution is 0.0843. The van der Waals surface area contributed by atoms with Crippen molar-refractivity contribution in [2.45, 2.75) is 44.4 Å². The van der Waals surface area contributed by atoms with E-state index in [0.717, 1.165) is 29.7 Å². The van der Waals surface area contributed by atoms with E-state index < -0.39 is 0 Å². The van der Waals surface area contributed by atoms with Crippen LogP contribution >= 0.6 is 11.3 Å². The van der Waals surface area contributed by atoms with Crippen molar-refractivity contribution in [2.75, 3.05) is 6.61 Å². The Labute approximate surface area is 122 Å². The van der Waals surface area contributed by atoms with Crippen LogP contribution in [0.3, 0.4) is 0 Å². The molecule has 4 nitrogen and oxygen atoms in total. The molecule has 2 fully saturated rings. The molecule has 3 heterocycles. The summed E-state index contributed by atoms with van der Waals surface area (Å²) in [6.45, 7) is 1.76. The second-order valence-electron chi connectivity index (χ2n) is 5.27. The van der Waals surface area contributed by atoms with Gasteiger partial charge in [0.15, 0.2) is 0 Å². The monoisotopic (exact) mass is 291 g/mol. The number of ether oxygens (including phenoxy) is 1. The standard InChI is InChI=1S/C15H17NO3S/c1-9-7-14(20-13(9)3-2-6-17)15(18)16-11-8-10-4-5-12(11)19-10/h7,10-12,17H,4-6,8H2,1H3,(H,16,18). The van der Waals surface area contributed by atoms with Crippen LogP contribution in [0.1, 0.15) is 39.4 Å². The highest BCUT2D eigenvalue weighted by atomic mass is 32.1. The van der Waals surface area contributed by atoms with Crippen molar-refractivity contribution in [3.63, 3.8) is 0 Å². The number of rotatable bonds is 2. The van der Waals surface area contributed by atoms with E-state index in [0.29, 0.717) is 11.0 Å². The van der Waals surface area contributed by atoms with Crippen LogP contribution in [0.2, 0.25) is 0 Å². The molecule has 2 bridgehead atoms. The molecule has 1 amide bonds. The lowest BCUT2D eigenvalue weighted by Gasteiger charge is -2.19. The largest absolute Gasteiger partial charge is 0.384 e. The van der Waals surface area contributed by atoms with Crippen LogP contribution in [0.4, 0.5) is 0 Å². The van der Waals surface area contributed by atoms with Gasteiger partial charge in [-0.2, -0.15) is 0 Å². The topological polar surface area (TPSA) is 58.6 Å². The van der Waals surface area contributed by atoms with Gasteiger partial charge in [-0.25, -0.2) is 0 Å². The van der Waals surface area contributed by atoms with Crippen LogP contribution in [-0.4, -0.2) is 35.9 Å². The molecule has 1 aromatic heterocycles. The van der Waals surface area contributed by atoms with E-state index >= 15 is 0 Å². The van der Waals surface area contributed by atoms with Crippen LogP contribution in [0.5, 0.6) is 0 Å². The molecule has 0 radical (unpaired) electrons. The lowest BCUT2D eigenvalue weighted by Crippen LogP contribution is -2.41. The van der Waals surface area contributed by atoms with Gasteiger partial charge in [0.05, 0.1) is 28.0 Å². The number of thiophene rings is 1. The average molecular weight is 291 g/mol. The van der Waals surface area contributed by atoms with Gasteiger partial charge in [0.25, 0.3) is 5.91 Å². The van der Waals surface area contributed by atoms with Crippen molar-refractivity contribution >= 4 is 17.2 Å². The Kier molecular flexibility index (Phi) is 3.79. The highest BCUT2D eigenvalue weighted by Gasteiger charge is 2.41. The number of amides is 1. The number of carbonyl (C=O) groups is 1. The van der Waals surface area contributed by atoms with Crippen LogP contribution in [0.15, 0.2) is 6.07 Å². The third-order valence-electron chi connectivity index (χ3n) is 3.85. The van der Waals surface area contributed by atoms with Gasteiger partial charge in [0.1, 0.15) is 6.61 Å². The van der Waals surface area contributed by atoms with Gasteiger partial charge in [-0.15, -0.1) is 11.3 Å². The van der Waals surface area contributed by atoms with Gasteiger partial charge in [-0.3, -0.25) is 4.79 Å². The molecule has 3 unspecified atom stereocenters. The first kappa shape index (κ1) is 13.6. The first-order valence-electron chi connectivity index (χ1n) is 6.84. The summed E-state index contributed by atoms with van der Waals surface area (Å²) in [5, 5.41) is 11.8. The van der Waals surface area contributed by atoms with Gasteiger partial charge in [0, 0.05) is 0 Å². The summed E-state index contributed by atoms with van der Waals surface area (Å²) in [7, 11) is 0. The molecule has 5 heteroatoms. The summed E-state index contributed by atoms with van der Waals surface area (Å²) >= 11 is 1.37. The van der Waals surface area contributed by atoms with Crippen LogP contribution in [0.25, 0.3) is 0 Å². The first-order valence-corrected chi connectivity index (χ1v) is 7.65. The van der Waals surface area contributed by atoms with Gasteiger partial charge in [-0.05, 0) is 37.8 Å². The number of carbonyl (C=O) groups excluding carboxylic acids is 1. The quantitative estimate of drug-likeness (QED) is 0.811. The summed E-state index contributed by atoms with van der Waals surface area (Å²) < 4.78 is 5.74. The van der Waals surface area contributed by atoms with E-state index in [1.54, 1.807) is 0 Å². The van der Waals surface area contributed by atoms with Gasteiger partial charge < -0.3 is 15.2 Å². The number of aliphatic hydroxyl groups is 1. The van der Waals surface area contributed by atoms with E-state index in [4.69, 9.17) is 9.84 Å². The van der Waals surface area contributed by atoms with E-state index in [-0.39, 0.29) is 24.7 Å². The smallest absolute Gasteiger partial charge is 0.261 e. The van der Waals surface area contributed by atoms with E-state index in [1.165, 1.54) is 11.3 Å². The molecule has 0 aliphatic carbocycles. The molecule has 1 aromatic rings. The molecule has 0 spiro atoms. The summed E-state index contributed by atoms with van der Waals surface area (Å²) in [6, 6.07) is 2.01. The first-order chi connectivity index (χ1) is 9.67. The van der Waals surface area contributed by atoms with Gasteiger partial charge >= 0.3 is 0 Å². The molecule has 20 heavy (non-hydrogen) atoms. The Morgan fingerprint density at radius 3 is 3.10 bits per heavy atom. The number of hydrogen-bond donors (Lipinski definition) is 2. The molecule has 106 valence electrons. The van der Waals surface area contributed by atoms with E-state index in [1.807, 2.05) is 13.0 Å². The fraction of sp³-hybridized carbons (Fsp3) is 0.533. The molecule has 3 rings (SSSR count). The maximum Gasteiger partial charge on any atom is 0.261 e. The minimum Gasteiger partial charge on any atom is -0.384 e. The summed E-state index contributed by atoms with van der Waals surface area (Å²) in [6.07, 6.45) is 3.63. The number of nitrogens with one attached hydrogen (secondary N) is 1. The zero-order chi connectivity index (χ0) is 14.1. The summed E-state index contributed by atoms with van der Waals surface area (Å²) in [5.41, 5.74) is 0.977. The van der Waals surface area contributed by atoms with Crippen LogP contribution in [0, 0.1) is 18.8 Å². The van der Waals surface area contributed by atoms with Crippen molar-refractivity contribution < 1.29 is 14.6 Å². The third-order valence-corrected chi connectivity index (χ3v) is 5.00. The van der Waals surface area contributed by atoms with Crippen molar-refractivity contribution in [3.05, 3.63) is 21.4 Å². The minimum absolute atomic E-state index is 0.0451. The maximum atomic E-state index is 12.3. The van der Waals surface area contributed by atoms with Crippen molar-refractivity contribution in [1.82, 2.24) is 5.32 Å². The fourth-order valence-corrected chi connectivity index (χ4v) is 3.82. The summed E-state index contributed by atoms with van der Waals surface area (Å²) in [5.74, 6) is 5.44. The third kappa shape index (κ3) is 2.59. The number of fused-ring (bicyclic) bond motifs is 2. The van der Waals surface area contributed by atoms with Crippen LogP contribution < -0.4 is 5.32 Å². The zero-order valence-corrected chi connectivity index (χ0v) is 12.1. The van der Waals surface area contributed by atoms with Crippen LogP contribution in [-0.2, 0) is 4.74 Å². The fourth-order valence-electron chi connectivity index (χ4n) is 2.87. The number of hydrogen-bond acceptors (Lipinski definition) is 4. The van der Waals surface area contributed by atoms with Crippen molar-refractivity contribution in [1.29, 1.82) is 0 Å². The molecule has 2 N–H and O–H groups in total. The molecule has 2 saturated heterocycles. The highest BCUT2D eigenvalue weighted by molar-refractivity contribution is 7.14. The Morgan fingerprint density at radius 1 is 1.60 bits per heavy atom. The van der Waals surface area contributed by atoms with Crippen molar-refractivity contribution in [2.24, 2.45) is 0 Å². The second-order valence-corrected chi connectivity index (χ2v) is 6.32. The Balaban J connectivity index is 1.68. The van der Waals surface area contributed by atoms with E-state index in [9.17, 15) is 4.79 Å². The lowest BCUT2D eigenvalue weighted by atomic mass is 9.95. The Hall–Kier alpha value is -1.35. The zero-order valence-electron chi connectivity index (χ0n) is 11.3. The molecular formula is C15H17NO3S. The molecule has 0 saturated carbocycles. The molecule has 2 aliphatic rings. The Bertz CT molecular complexity index is 584. The normalized spacial score (nSPS) is 27.2. The SMILES string of the molecule is Cc1cc(C(=O)NC2CC3CCC2O3)sc1C#CCO. The van der Waals surface area contributed by atoms with Crippen molar-refractivity contribution in [3.8, 4) is 11.8 Å². The average Bonchev–Trinajstić information content (AvgIpc) is 3.12. The van der Waals surface area contributed by atoms with E-state index in [2.05, 4.69) is 17.2 Å². The molecule has 2 aliphatic heterocycles. The molecular weight excluding hydrogens is 274 g/mol. The highest BCUT2D eigenvalue weighted by Crippen LogP contribution is 2.34. The number of aliphatic hydroxyl groups excluding tert-OH is 1. The molecule has 3 atom stereocenters. The maximum absolute atomic E-state index is 12.3. The predicted molar refractivity (Wildman–Crippen MR) is 76.8 cm³/mol. The number of aryl methyl sites for hydroxylation is 1. The minimum atomic E-state index is -0.165. The molecule has 0 aromatic carbocycles. The Morgan fingerprint density at radius 2 is 2.45 bits per heavy atom. The second kappa shape index (κ2) is 5.57. The van der Waals surface area contributed by atoms with Gasteiger partial charge in [0.2, 0.25) is 0 Å². The predicted octanol–water partition coefficient (Wildman–Crippen LogP) is 1.45.